The van der Waals surface area contributed by atoms with Gasteiger partial charge in [-0.2, -0.15) is 0 Å². The first-order chi connectivity index (χ1) is 7.70. The molecule has 0 fully saturated rings. The van der Waals surface area contributed by atoms with Crippen LogP contribution in [0, 0.1) is 0 Å². The fourth-order valence-corrected chi connectivity index (χ4v) is 1.33. The first kappa shape index (κ1) is 12.7. The maximum absolute atomic E-state index is 10.2. The predicted molar refractivity (Wildman–Crippen MR) is 63.3 cm³/mol. The Morgan fingerprint density at radius 2 is 2.06 bits per heavy atom. The molecule has 0 spiro atoms. The molecule has 0 heterocycles. The molecule has 1 atom stereocenters. The summed E-state index contributed by atoms with van der Waals surface area (Å²) in [5.41, 5.74) is 0. The minimum atomic E-state index is -1.33. The highest BCUT2D eigenvalue weighted by atomic mass is 16.6. The smallest absolute Gasteiger partial charge is 0.235 e. The fourth-order valence-electron chi connectivity index (χ4n) is 1.33. The third-order valence-electron chi connectivity index (χ3n) is 2.05. The summed E-state index contributed by atoms with van der Waals surface area (Å²) >= 11 is 0. The molecule has 16 heavy (non-hydrogen) atoms. The van der Waals surface area contributed by atoms with Crippen LogP contribution < -0.4 is 4.74 Å². The number of para-hydroxylation sites is 1. The van der Waals surface area contributed by atoms with Gasteiger partial charge in [0.05, 0.1) is 0 Å². The maximum Gasteiger partial charge on any atom is 0.235 e. The Balaban J connectivity index is 2.66. The van der Waals surface area contributed by atoms with Crippen LogP contribution >= 0.6 is 0 Å². The van der Waals surface area contributed by atoms with E-state index < -0.39 is 5.79 Å². The Morgan fingerprint density at radius 3 is 2.62 bits per heavy atom. The molecule has 1 unspecified atom stereocenters. The lowest BCUT2D eigenvalue weighted by atomic mass is 10.2. The first-order valence-corrected chi connectivity index (χ1v) is 5.35. The second kappa shape index (κ2) is 6.30. The maximum atomic E-state index is 10.2. The molecule has 3 heteroatoms. The van der Waals surface area contributed by atoms with Crippen LogP contribution in [0.2, 0.25) is 0 Å². The predicted octanol–water partition coefficient (Wildman–Crippen LogP) is 2.37. The van der Waals surface area contributed by atoms with E-state index in [1.807, 2.05) is 25.1 Å². The Bertz CT molecular complexity index is 310. The summed E-state index contributed by atoms with van der Waals surface area (Å²) in [6, 6.07) is 9.18. The average molecular weight is 222 g/mol. The van der Waals surface area contributed by atoms with Crippen LogP contribution in [0.1, 0.15) is 13.3 Å². The van der Waals surface area contributed by atoms with Crippen molar-refractivity contribution in [1.29, 1.82) is 0 Å². The lowest BCUT2D eigenvalue weighted by molar-refractivity contribution is -0.174. The van der Waals surface area contributed by atoms with E-state index in [2.05, 4.69) is 6.58 Å². The molecule has 0 aliphatic rings. The molecule has 0 bridgehead atoms. The number of aliphatic hydroxyl groups is 1. The van der Waals surface area contributed by atoms with Gasteiger partial charge in [-0.25, -0.2) is 0 Å². The van der Waals surface area contributed by atoms with Crippen LogP contribution in [0.5, 0.6) is 5.75 Å². The lowest BCUT2D eigenvalue weighted by Gasteiger charge is -2.27. The zero-order chi connectivity index (χ0) is 11.9. The third-order valence-corrected chi connectivity index (χ3v) is 2.05. The van der Waals surface area contributed by atoms with Gasteiger partial charge >= 0.3 is 0 Å². The molecule has 88 valence electrons. The molecule has 1 aromatic rings. The standard InChI is InChI=1S/C13H18O3/c1-3-10-13(14,11-15-4-2)16-12-8-6-5-7-9-12/h3,5-9,14H,1,4,10-11H2,2H3. The fraction of sp³-hybridized carbons (Fsp3) is 0.385. The third kappa shape index (κ3) is 4.04. The highest BCUT2D eigenvalue weighted by Crippen LogP contribution is 2.19. The molecule has 0 saturated carbocycles. The van der Waals surface area contributed by atoms with E-state index in [4.69, 9.17) is 9.47 Å². The van der Waals surface area contributed by atoms with Crippen molar-refractivity contribution in [2.24, 2.45) is 0 Å². The number of rotatable bonds is 7. The van der Waals surface area contributed by atoms with E-state index in [-0.39, 0.29) is 6.61 Å². The average Bonchev–Trinajstić information content (AvgIpc) is 2.28. The Morgan fingerprint density at radius 1 is 1.38 bits per heavy atom. The topological polar surface area (TPSA) is 38.7 Å². The van der Waals surface area contributed by atoms with Crippen molar-refractivity contribution in [2.75, 3.05) is 13.2 Å². The molecule has 1 aromatic carbocycles. The highest BCUT2D eigenvalue weighted by Gasteiger charge is 2.27. The summed E-state index contributed by atoms with van der Waals surface area (Å²) < 4.78 is 10.7. The van der Waals surface area contributed by atoms with Gasteiger partial charge in [-0.1, -0.05) is 24.3 Å². The molecular weight excluding hydrogens is 204 g/mol. The number of hydrogen-bond acceptors (Lipinski definition) is 3. The Labute approximate surface area is 96.3 Å². The number of hydrogen-bond donors (Lipinski definition) is 1. The molecule has 1 rings (SSSR count). The molecule has 0 amide bonds. The normalized spacial score (nSPS) is 14.1. The van der Waals surface area contributed by atoms with Gasteiger partial charge in [-0.15, -0.1) is 6.58 Å². The van der Waals surface area contributed by atoms with Crippen molar-refractivity contribution in [3.8, 4) is 5.75 Å². The molecule has 0 aliphatic carbocycles. The zero-order valence-electron chi connectivity index (χ0n) is 9.56. The summed E-state index contributed by atoms with van der Waals surface area (Å²) in [5.74, 6) is -0.717. The quantitative estimate of drug-likeness (QED) is 0.568. The largest absolute Gasteiger partial charge is 0.460 e. The molecule has 1 N–H and O–H groups in total. The van der Waals surface area contributed by atoms with E-state index in [1.165, 1.54) is 0 Å². The summed E-state index contributed by atoms with van der Waals surface area (Å²) in [6.45, 7) is 6.14. The second-order valence-electron chi connectivity index (χ2n) is 3.49. The van der Waals surface area contributed by atoms with E-state index in [0.29, 0.717) is 18.8 Å². The SMILES string of the molecule is C=CCC(O)(COCC)Oc1ccccc1. The highest BCUT2D eigenvalue weighted by molar-refractivity contribution is 5.21. The Kier molecular flexibility index (Phi) is 5.02. The van der Waals surface area contributed by atoms with Crippen molar-refractivity contribution in [3.05, 3.63) is 43.0 Å². The van der Waals surface area contributed by atoms with Gasteiger partial charge in [-0.05, 0) is 19.1 Å². The van der Waals surface area contributed by atoms with E-state index in [9.17, 15) is 5.11 Å². The lowest BCUT2D eigenvalue weighted by Crippen LogP contribution is -2.40. The van der Waals surface area contributed by atoms with Crippen LogP contribution in [-0.2, 0) is 4.74 Å². The second-order valence-corrected chi connectivity index (χ2v) is 3.49. The van der Waals surface area contributed by atoms with Crippen molar-refractivity contribution in [3.63, 3.8) is 0 Å². The van der Waals surface area contributed by atoms with Crippen molar-refractivity contribution >= 4 is 0 Å². The minimum Gasteiger partial charge on any atom is -0.460 e. The minimum absolute atomic E-state index is 0.129. The van der Waals surface area contributed by atoms with E-state index in [0.717, 1.165) is 0 Å². The summed E-state index contributed by atoms with van der Waals surface area (Å²) in [6.07, 6.45) is 1.93. The van der Waals surface area contributed by atoms with Gasteiger partial charge in [0.2, 0.25) is 5.79 Å². The van der Waals surface area contributed by atoms with Crippen molar-refractivity contribution in [1.82, 2.24) is 0 Å². The van der Waals surface area contributed by atoms with E-state index in [1.54, 1.807) is 18.2 Å². The number of benzene rings is 1. The van der Waals surface area contributed by atoms with Gasteiger partial charge in [0.1, 0.15) is 12.4 Å². The Hall–Kier alpha value is -1.32. The van der Waals surface area contributed by atoms with Gasteiger partial charge in [0, 0.05) is 13.0 Å². The van der Waals surface area contributed by atoms with Gasteiger partial charge in [-0.3, -0.25) is 0 Å². The zero-order valence-corrected chi connectivity index (χ0v) is 9.56. The first-order valence-electron chi connectivity index (χ1n) is 5.35. The van der Waals surface area contributed by atoms with Crippen LogP contribution in [0.25, 0.3) is 0 Å². The van der Waals surface area contributed by atoms with Crippen LogP contribution in [-0.4, -0.2) is 24.1 Å². The van der Waals surface area contributed by atoms with Crippen LogP contribution in [0.15, 0.2) is 43.0 Å². The van der Waals surface area contributed by atoms with Crippen LogP contribution in [0.3, 0.4) is 0 Å². The molecule has 3 nitrogen and oxygen atoms in total. The van der Waals surface area contributed by atoms with Gasteiger partial charge in [0.25, 0.3) is 0 Å². The molecule has 0 aromatic heterocycles. The monoisotopic (exact) mass is 222 g/mol. The molecular formula is C13H18O3. The van der Waals surface area contributed by atoms with Crippen molar-refractivity contribution in [2.45, 2.75) is 19.1 Å². The van der Waals surface area contributed by atoms with E-state index >= 15 is 0 Å². The summed E-state index contributed by atoms with van der Waals surface area (Å²) in [5, 5.41) is 10.2. The molecule has 0 saturated heterocycles. The summed E-state index contributed by atoms with van der Waals surface area (Å²) in [7, 11) is 0. The van der Waals surface area contributed by atoms with Gasteiger partial charge in [0.15, 0.2) is 0 Å². The molecule has 0 aliphatic heterocycles. The summed E-state index contributed by atoms with van der Waals surface area (Å²) in [4.78, 5) is 0. The van der Waals surface area contributed by atoms with Crippen molar-refractivity contribution < 1.29 is 14.6 Å². The number of ether oxygens (including phenoxy) is 2. The van der Waals surface area contributed by atoms with Gasteiger partial charge < -0.3 is 14.6 Å². The van der Waals surface area contributed by atoms with Crippen LogP contribution in [0.4, 0.5) is 0 Å². The molecule has 0 radical (unpaired) electrons.